The third-order valence-electron chi connectivity index (χ3n) is 18.4. The lowest BCUT2D eigenvalue weighted by Crippen LogP contribution is -2.30. The second kappa shape index (κ2) is 72.4. The first kappa shape index (κ1) is 95.1. The molecule has 0 bridgehead atoms. The molecule has 0 spiro atoms. The van der Waals surface area contributed by atoms with E-state index in [0.29, 0.717) is 25.7 Å². The minimum Gasteiger partial charge on any atom is -0.462 e. The molecule has 0 aromatic carbocycles. The van der Waals surface area contributed by atoms with Gasteiger partial charge in [0.1, 0.15) is 19.3 Å². The molecule has 0 fully saturated rings. The molecule has 3 N–H and O–H groups in total. The molecule has 0 radical (unpaired) electrons. The largest absolute Gasteiger partial charge is 0.472 e. The van der Waals surface area contributed by atoms with Crippen molar-refractivity contribution < 1.29 is 80.2 Å². The molecular weight excluding hydrogens is 1270 g/mol. The molecule has 0 saturated heterocycles. The van der Waals surface area contributed by atoms with Gasteiger partial charge in [0.15, 0.2) is 12.2 Å². The molecule has 0 heterocycles. The Morgan fingerprint density at radius 3 is 0.608 bits per heavy atom. The topological polar surface area (TPSA) is 237 Å². The Balaban J connectivity index is 5.21. The van der Waals surface area contributed by atoms with E-state index in [-0.39, 0.29) is 25.7 Å². The monoisotopic (exact) mass is 1420 g/mol. The number of aliphatic hydroxyl groups excluding tert-OH is 1. The number of hydrogen-bond donors (Lipinski definition) is 3. The summed E-state index contributed by atoms with van der Waals surface area (Å²) in [4.78, 5) is 72.9. The van der Waals surface area contributed by atoms with Crippen molar-refractivity contribution in [2.45, 2.75) is 438 Å². The molecule has 0 saturated carbocycles. The number of hydrogen-bond acceptors (Lipinski definition) is 15. The average molecular weight is 1420 g/mol. The van der Waals surface area contributed by atoms with E-state index in [0.717, 1.165) is 89.9 Å². The Kier molecular flexibility index (Phi) is 71.0. The summed E-state index contributed by atoms with van der Waals surface area (Å²) in [7, 11) is -9.91. The molecule has 2 unspecified atom stereocenters. The van der Waals surface area contributed by atoms with Crippen LogP contribution in [-0.2, 0) is 65.4 Å². The van der Waals surface area contributed by atoms with Crippen LogP contribution in [0.3, 0.4) is 0 Å². The summed E-state index contributed by atoms with van der Waals surface area (Å²) in [5.74, 6) is -2.11. The first-order chi connectivity index (χ1) is 47.2. The van der Waals surface area contributed by atoms with Crippen LogP contribution in [-0.4, -0.2) is 96.7 Å². The van der Waals surface area contributed by atoms with Gasteiger partial charge in [-0.3, -0.25) is 37.3 Å². The van der Waals surface area contributed by atoms with Crippen LogP contribution in [0.1, 0.15) is 419 Å². The summed E-state index contributed by atoms with van der Waals surface area (Å²) in [5.41, 5.74) is 0. The summed E-state index contributed by atoms with van der Waals surface area (Å²) in [5, 5.41) is 10.6. The van der Waals surface area contributed by atoms with Gasteiger partial charge in [-0.25, -0.2) is 9.13 Å². The Bertz CT molecular complexity index is 1840. The van der Waals surface area contributed by atoms with Gasteiger partial charge in [-0.15, -0.1) is 0 Å². The lowest BCUT2D eigenvalue weighted by atomic mass is 10.0. The van der Waals surface area contributed by atoms with Gasteiger partial charge in [0, 0.05) is 25.7 Å². The second-order valence-electron chi connectivity index (χ2n) is 28.1. The van der Waals surface area contributed by atoms with Crippen LogP contribution >= 0.6 is 15.6 Å². The van der Waals surface area contributed by atoms with Crippen LogP contribution < -0.4 is 0 Å². The van der Waals surface area contributed by atoms with Crippen molar-refractivity contribution in [1.82, 2.24) is 0 Å². The minimum atomic E-state index is -4.96. The summed E-state index contributed by atoms with van der Waals surface area (Å²) in [6.45, 7) is 5.00. The fourth-order valence-corrected chi connectivity index (χ4v) is 13.7. The number of ether oxygens (including phenoxy) is 4. The Morgan fingerprint density at radius 1 is 0.247 bits per heavy atom. The van der Waals surface area contributed by atoms with Gasteiger partial charge >= 0.3 is 39.5 Å². The highest BCUT2D eigenvalue weighted by Crippen LogP contribution is 2.45. The van der Waals surface area contributed by atoms with Crippen molar-refractivity contribution in [3.8, 4) is 0 Å². The SMILES string of the molecule is CCCCCCCCCCCCCCCCCCCCCCC(=O)O[C@H](COC(=O)CCCCCCCCCCCCCCCC)COP(=O)(O)OC[C@@H](O)COP(=O)(O)OC[C@@H](COC(=O)CCCCCCCCCCCC)OC(=O)CCCCCCCCCCCCCCC. The van der Waals surface area contributed by atoms with Crippen LogP contribution in [0, 0.1) is 0 Å². The number of rotatable bonds is 79. The predicted octanol–water partition coefficient (Wildman–Crippen LogP) is 23.4. The second-order valence-corrected chi connectivity index (χ2v) is 31.0. The van der Waals surface area contributed by atoms with E-state index >= 15 is 0 Å². The van der Waals surface area contributed by atoms with Crippen molar-refractivity contribution in [1.29, 1.82) is 0 Å². The quantitative estimate of drug-likeness (QED) is 0.0222. The molecule has 0 aromatic heterocycles. The van der Waals surface area contributed by atoms with Crippen LogP contribution in [0.25, 0.3) is 0 Å². The maximum absolute atomic E-state index is 13.1. The Hall–Kier alpha value is -1.94. The highest BCUT2D eigenvalue weighted by Gasteiger charge is 2.30. The molecule has 19 heteroatoms. The zero-order valence-corrected chi connectivity index (χ0v) is 64.8. The summed E-state index contributed by atoms with van der Waals surface area (Å²) in [6.07, 6.45) is 63.7. The normalized spacial score (nSPS) is 13.8. The van der Waals surface area contributed by atoms with Crippen molar-refractivity contribution >= 4 is 39.5 Å². The number of phosphoric acid groups is 2. The van der Waals surface area contributed by atoms with E-state index in [9.17, 15) is 43.2 Å². The average Bonchev–Trinajstić information content (AvgIpc) is 1.25. The van der Waals surface area contributed by atoms with E-state index in [2.05, 4.69) is 27.7 Å². The van der Waals surface area contributed by atoms with Crippen LogP contribution in [0.2, 0.25) is 0 Å². The molecule has 97 heavy (non-hydrogen) atoms. The first-order valence-corrected chi connectivity index (χ1v) is 43.8. The smallest absolute Gasteiger partial charge is 0.462 e. The first-order valence-electron chi connectivity index (χ1n) is 40.8. The molecule has 576 valence electrons. The van der Waals surface area contributed by atoms with Gasteiger partial charge < -0.3 is 33.8 Å². The number of carbonyl (C=O) groups is 4. The zero-order valence-electron chi connectivity index (χ0n) is 63.1. The van der Waals surface area contributed by atoms with Crippen molar-refractivity contribution in [3.63, 3.8) is 0 Å². The summed E-state index contributed by atoms with van der Waals surface area (Å²) >= 11 is 0. The summed E-state index contributed by atoms with van der Waals surface area (Å²) < 4.78 is 68.6. The van der Waals surface area contributed by atoms with Crippen LogP contribution in [0.4, 0.5) is 0 Å². The molecule has 5 atom stereocenters. The van der Waals surface area contributed by atoms with E-state index in [4.69, 9.17) is 37.0 Å². The number of phosphoric ester groups is 2. The fraction of sp³-hybridized carbons (Fsp3) is 0.949. The van der Waals surface area contributed by atoms with Gasteiger partial charge in [0.25, 0.3) is 0 Å². The van der Waals surface area contributed by atoms with Gasteiger partial charge in [-0.2, -0.15) is 0 Å². The molecular formula is C78H152O17P2. The van der Waals surface area contributed by atoms with Crippen LogP contribution in [0.5, 0.6) is 0 Å². The van der Waals surface area contributed by atoms with E-state index in [1.54, 1.807) is 0 Å². The summed E-state index contributed by atoms with van der Waals surface area (Å²) in [6, 6.07) is 0. The van der Waals surface area contributed by atoms with Gasteiger partial charge in [-0.1, -0.05) is 368 Å². The van der Waals surface area contributed by atoms with Crippen molar-refractivity contribution in [2.24, 2.45) is 0 Å². The third kappa shape index (κ3) is 72.2. The number of esters is 4. The molecule has 0 aliphatic heterocycles. The Labute approximate surface area is 594 Å². The molecule has 0 aliphatic rings. The van der Waals surface area contributed by atoms with Gasteiger partial charge in [0.05, 0.1) is 26.4 Å². The fourth-order valence-electron chi connectivity index (χ4n) is 12.1. The lowest BCUT2D eigenvalue weighted by Gasteiger charge is -2.21. The van der Waals surface area contributed by atoms with E-state index < -0.39 is 97.5 Å². The number of unbranched alkanes of at least 4 members (excludes halogenated alkanes) is 53. The van der Waals surface area contributed by atoms with E-state index in [1.807, 2.05) is 0 Å². The predicted molar refractivity (Wildman–Crippen MR) is 395 cm³/mol. The molecule has 17 nitrogen and oxygen atoms in total. The molecule has 0 amide bonds. The maximum Gasteiger partial charge on any atom is 0.472 e. The van der Waals surface area contributed by atoms with Crippen molar-refractivity contribution in [3.05, 3.63) is 0 Å². The maximum atomic E-state index is 13.1. The molecule has 0 aromatic rings. The minimum absolute atomic E-state index is 0.108. The van der Waals surface area contributed by atoms with Crippen LogP contribution in [0.15, 0.2) is 0 Å². The molecule has 0 aliphatic carbocycles. The number of aliphatic hydroxyl groups is 1. The lowest BCUT2D eigenvalue weighted by molar-refractivity contribution is -0.161. The standard InChI is InChI=1S/C78H152O17P2/c1-5-9-13-17-21-25-29-32-34-35-36-37-38-39-42-45-49-53-57-61-65-78(83)95-74(69-89-76(81)63-59-55-51-47-43-41-33-30-26-22-18-14-10-6-2)71-93-97(86,87)91-67-72(79)66-90-96(84,85)92-70-73(68-88-75(80)62-58-54-50-46-28-24-20-16-12-8-4)94-77(82)64-60-56-52-48-44-40-31-27-23-19-15-11-7-3/h72-74,79H,5-71H2,1-4H3,(H,84,85)(H,86,87)/t72-,73+,74+/m0/s1. The van der Waals surface area contributed by atoms with Gasteiger partial charge in [0.2, 0.25) is 0 Å². The highest BCUT2D eigenvalue weighted by atomic mass is 31.2. The van der Waals surface area contributed by atoms with Crippen molar-refractivity contribution in [2.75, 3.05) is 39.6 Å². The van der Waals surface area contributed by atoms with Gasteiger partial charge in [-0.05, 0) is 25.7 Å². The number of carbonyl (C=O) groups excluding carboxylic acids is 4. The Morgan fingerprint density at radius 2 is 0.412 bits per heavy atom. The third-order valence-corrected chi connectivity index (χ3v) is 20.3. The van der Waals surface area contributed by atoms with E-state index in [1.165, 1.54) is 250 Å². The molecule has 0 rings (SSSR count). The highest BCUT2D eigenvalue weighted by molar-refractivity contribution is 7.47. The zero-order chi connectivity index (χ0) is 71.1.